The van der Waals surface area contributed by atoms with E-state index in [4.69, 9.17) is 4.74 Å². The molecule has 1 amide bonds. The minimum Gasteiger partial charge on any atom is -0.488 e. The van der Waals surface area contributed by atoms with Crippen molar-refractivity contribution in [2.24, 2.45) is 0 Å². The highest BCUT2D eigenvalue weighted by molar-refractivity contribution is 5.96. The SMILES string of the molecule is CC(=O)CC(=O)NCC1Cc2ccccc2O1. The van der Waals surface area contributed by atoms with Crippen LogP contribution in [0, 0.1) is 0 Å². The molecule has 1 heterocycles. The third-order valence-electron chi connectivity index (χ3n) is 2.65. The lowest BCUT2D eigenvalue weighted by Crippen LogP contribution is -2.35. The number of amides is 1. The van der Waals surface area contributed by atoms with E-state index in [1.165, 1.54) is 12.5 Å². The van der Waals surface area contributed by atoms with Gasteiger partial charge in [-0.3, -0.25) is 9.59 Å². The number of nitrogens with one attached hydrogen (secondary N) is 1. The van der Waals surface area contributed by atoms with Crippen molar-refractivity contribution in [3.63, 3.8) is 0 Å². The van der Waals surface area contributed by atoms with Crippen molar-refractivity contribution in [3.05, 3.63) is 29.8 Å². The fraction of sp³-hybridized carbons (Fsp3) is 0.385. The molecular formula is C13H15NO3. The minimum absolute atomic E-state index is 0.0247. The van der Waals surface area contributed by atoms with E-state index in [1.54, 1.807) is 0 Å². The molecule has 0 aliphatic carbocycles. The zero-order valence-corrected chi connectivity index (χ0v) is 9.73. The molecule has 17 heavy (non-hydrogen) atoms. The normalized spacial score (nSPS) is 17.1. The van der Waals surface area contributed by atoms with Crippen LogP contribution in [0.4, 0.5) is 0 Å². The molecule has 4 heteroatoms. The van der Waals surface area contributed by atoms with E-state index in [0.717, 1.165) is 12.2 Å². The molecule has 0 radical (unpaired) electrons. The van der Waals surface area contributed by atoms with Crippen LogP contribution in [0.25, 0.3) is 0 Å². The first kappa shape index (κ1) is 11.6. The Morgan fingerprint density at radius 2 is 2.18 bits per heavy atom. The number of fused-ring (bicyclic) bond motifs is 1. The van der Waals surface area contributed by atoms with Gasteiger partial charge < -0.3 is 10.1 Å². The van der Waals surface area contributed by atoms with Crippen LogP contribution in [0.2, 0.25) is 0 Å². The fourth-order valence-electron chi connectivity index (χ4n) is 1.88. The smallest absolute Gasteiger partial charge is 0.227 e. The number of ketones is 1. The van der Waals surface area contributed by atoms with Gasteiger partial charge in [0.1, 0.15) is 17.6 Å². The molecule has 0 aromatic heterocycles. The second-order valence-corrected chi connectivity index (χ2v) is 4.23. The van der Waals surface area contributed by atoms with Crippen LogP contribution in [0.15, 0.2) is 24.3 Å². The number of hydrogen-bond donors (Lipinski definition) is 1. The summed E-state index contributed by atoms with van der Waals surface area (Å²) >= 11 is 0. The predicted molar refractivity (Wildman–Crippen MR) is 62.9 cm³/mol. The third kappa shape index (κ3) is 3.06. The highest BCUT2D eigenvalue weighted by atomic mass is 16.5. The maximum absolute atomic E-state index is 11.3. The van der Waals surface area contributed by atoms with Crippen LogP contribution in [-0.4, -0.2) is 24.3 Å². The number of hydrogen-bond acceptors (Lipinski definition) is 3. The number of carbonyl (C=O) groups excluding carboxylic acids is 2. The molecule has 1 aromatic carbocycles. The van der Waals surface area contributed by atoms with E-state index < -0.39 is 0 Å². The van der Waals surface area contributed by atoms with Crippen molar-refractivity contribution in [1.29, 1.82) is 0 Å². The van der Waals surface area contributed by atoms with Crippen molar-refractivity contribution in [2.45, 2.75) is 25.9 Å². The number of rotatable bonds is 4. The summed E-state index contributed by atoms with van der Waals surface area (Å²) in [6.07, 6.45) is 0.722. The summed E-state index contributed by atoms with van der Waals surface area (Å²) in [7, 11) is 0. The molecule has 1 aromatic rings. The van der Waals surface area contributed by atoms with Crippen molar-refractivity contribution >= 4 is 11.7 Å². The van der Waals surface area contributed by atoms with E-state index in [0.29, 0.717) is 6.54 Å². The lowest BCUT2D eigenvalue weighted by atomic mass is 10.1. The Hall–Kier alpha value is -1.84. The molecular weight excluding hydrogens is 218 g/mol. The summed E-state index contributed by atoms with van der Waals surface area (Å²) in [6.45, 7) is 1.85. The van der Waals surface area contributed by atoms with Crippen LogP contribution in [0.5, 0.6) is 5.75 Å². The van der Waals surface area contributed by atoms with Gasteiger partial charge in [0.25, 0.3) is 0 Å². The topological polar surface area (TPSA) is 55.4 Å². The van der Waals surface area contributed by atoms with Gasteiger partial charge in [-0.15, -0.1) is 0 Å². The lowest BCUT2D eigenvalue weighted by molar-refractivity contribution is -0.127. The first-order valence-electron chi connectivity index (χ1n) is 5.66. The van der Waals surface area contributed by atoms with Gasteiger partial charge in [-0.05, 0) is 18.6 Å². The molecule has 4 nitrogen and oxygen atoms in total. The average molecular weight is 233 g/mol. The first-order valence-corrected chi connectivity index (χ1v) is 5.66. The van der Waals surface area contributed by atoms with E-state index in [-0.39, 0.29) is 24.2 Å². The number of Topliss-reactive ketones (excluding diaryl/α,β-unsaturated/α-hetero) is 1. The molecule has 0 fully saturated rings. The zero-order valence-electron chi connectivity index (χ0n) is 9.73. The van der Waals surface area contributed by atoms with E-state index in [9.17, 15) is 9.59 Å². The van der Waals surface area contributed by atoms with Crippen LogP contribution < -0.4 is 10.1 Å². The molecule has 1 aliphatic rings. The predicted octanol–water partition coefficient (Wildman–Crippen LogP) is 1.09. The van der Waals surface area contributed by atoms with Crippen molar-refractivity contribution in [3.8, 4) is 5.75 Å². The van der Waals surface area contributed by atoms with Crippen LogP contribution in [0.3, 0.4) is 0 Å². The first-order chi connectivity index (χ1) is 8.15. The van der Waals surface area contributed by atoms with Crippen molar-refractivity contribution in [1.82, 2.24) is 5.32 Å². The highest BCUT2D eigenvalue weighted by Crippen LogP contribution is 2.27. The molecule has 0 saturated carbocycles. The quantitative estimate of drug-likeness (QED) is 0.792. The number of ether oxygens (including phenoxy) is 1. The summed E-state index contributed by atoms with van der Waals surface area (Å²) in [5.74, 6) is 0.522. The molecule has 2 rings (SSSR count). The Labute approximate surface area is 100.0 Å². The number of para-hydroxylation sites is 1. The zero-order chi connectivity index (χ0) is 12.3. The maximum Gasteiger partial charge on any atom is 0.227 e. The highest BCUT2D eigenvalue weighted by Gasteiger charge is 2.22. The summed E-state index contributed by atoms with van der Waals surface area (Å²) in [6, 6.07) is 7.84. The monoisotopic (exact) mass is 233 g/mol. The molecule has 1 N–H and O–H groups in total. The molecule has 1 unspecified atom stereocenters. The van der Waals surface area contributed by atoms with Crippen molar-refractivity contribution < 1.29 is 14.3 Å². The van der Waals surface area contributed by atoms with Gasteiger partial charge in [0.2, 0.25) is 5.91 Å². The number of benzene rings is 1. The van der Waals surface area contributed by atoms with E-state index >= 15 is 0 Å². The van der Waals surface area contributed by atoms with Crippen LogP contribution in [-0.2, 0) is 16.0 Å². The van der Waals surface area contributed by atoms with Gasteiger partial charge in [-0.25, -0.2) is 0 Å². The molecule has 1 atom stereocenters. The van der Waals surface area contributed by atoms with Gasteiger partial charge in [0.05, 0.1) is 13.0 Å². The van der Waals surface area contributed by atoms with E-state index in [1.807, 2.05) is 24.3 Å². The van der Waals surface area contributed by atoms with Crippen LogP contribution >= 0.6 is 0 Å². The average Bonchev–Trinajstić information content (AvgIpc) is 2.68. The van der Waals surface area contributed by atoms with Crippen molar-refractivity contribution in [2.75, 3.05) is 6.54 Å². The lowest BCUT2D eigenvalue weighted by Gasteiger charge is -2.11. The molecule has 1 aliphatic heterocycles. The second kappa shape index (κ2) is 4.99. The second-order valence-electron chi connectivity index (χ2n) is 4.23. The Bertz CT molecular complexity index is 417. The largest absolute Gasteiger partial charge is 0.488 e. The van der Waals surface area contributed by atoms with E-state index in [2.05, 4.69) is 5.32 Å². The Kier molecular flexibility index (Phi) is 3.42. The summed E-state index contributed by atoms with van der Waals surface area (Å²) in [4.78, 5) is 22.0. The Morgan fingerprint density at radius 1 is 1.41 bits per heavy atom. The molecule has 0 spiro atoms. The molecule has 0 bridgehead atoms. The Balaban J connectivity index is 1.80. The fourth-order valence-corrected chi connectivity index (χ4v) is 1.88. The van der Waals surface area contributed by atoms with Gasteiger partial charge in [0.15, 0.2) is 0 Å². The third-order valence-corrected chi connectivity index (χ3v) is 2.65. The summed E-state index contributed by atoms with van der Waals surface area (Å²) < 4.78 is 5.66. The Morgan fingerprint density at radius 3 is 2.88 bits per heavy atom. The van der Waals surface area contributed by atoms with Gasteiger partial charge in [-0.2, -0.15) is 0 Å². The summed E-state index contributed by atoms with van der Waals surface area (Å²) in [5, 5.41) is 2.71. The molecule has 90 valence electrons. The van der Waals surface area contributed by atoms with Crippen LogP contribution in [0.1, 0.15) is 18.9 Å². The number of carbonyl (C=O) groups is 2. The minimum atomic E-state index is -0.239. The van der Waals surface area contributed by atoms with Gasteiger partial charge in [-0.1, -0.05) is 18.2 Å². The molecule has 0 saturated heterocycles. The van der Waals surface area contributed by atoms with Gasteiger partial charge >= 0.3 is 0 Å². The maximum atomic E-state index is 11.3. The van der Waals surface area contributed by atoms with Gasteiger partial charge in [0, 0.05) is 6.42 Å². The standard InChI is InChI=1S/C13H15NO3/c1-9(15)6-13(16)14-8-11-7-10-4-2-3-5-12(10)17-11/h2-5,11H,6-8H2,1H3,(H,14,16). The summed E-state index contributed by atoms with van der Waals surface area (Å²) in [5.41, 5.74) is 1.17.